The van der Waals surface area contributed by atoms with E-state index in [1.807, 2.05) is 0 Å². The SMILES string of the molecule is O=C(Nc1cccc(NC(=O)c2ccc(Cl)cc2Cl)c1)c1ccc(F)cc1. The average molecular weight is 403 g/mol. The molecule has 7 heteroatoms. The molecule has 0 saturated carbocycles. The summed E-state index contributed by atoms with van der Waals surface area (Å²) in [5, 5.41) is 6.08. The molecule has 0 atom stereocenters. The fourth-order valence-corrected chi connectivity index (χ4v) is 2.85. The van der Waals surface area contributed by atoms with Crippen LogP contribution in [0.3, 0.4) is 0 Å². The third kappa shape index (κ3) is 4.84. The standard InChI is InChI=1S/C20H13Cl2FN2O2/c21-13-6-9-17(18(22)10-13)20(27)25-16-3-1-2-15(11-16)24-19(26)12-4-7-14(23)8-5-12/h1-11H,(H,24,26)(H,25,27). The Bertz CT molecular complexity index is 1010. The van der Waals surface area contributed by atoms with Crippen LogP contribution in [-0.2, 0) is 0 Å². The first-order chi connectivity index (χ1) is 12.9. The van der Waals surface area contributed by atoms with Gasteiger partial charge in [0.2, 0.25) is 0 Å². The van der Waals surface area contributed by atoms with Crippen molar-refractivity contribution in [3.8, 4) is 0 Å². The van der Waals surface area contributed by atoms with Crippen LogP contribution in [-0.4, -0.2) is 11.8 Å². The Morgan fingerprint density at radius 3 is 2.04 bits per heavy atom. The molecule has 0 unspecified atom stereocenters. The summed E-state index contributed by atoms with van der Waals surface area (Å²) in [6, 6.07) is 16.4. The van der Waals surface area contributed by atoms with E-state index in [9.17, 15) is 14.0 Å². The largest absolute Gasteiger partial charge is 0.322 e. The Morgan fingerprint density at radius 2 is 1.41 bits per heavy atom. The second-order valence-corrected chi connectivity index (χ2v) is 6.46. The number of hydrogen-bond donors (Lipinski definition) is 2. The summed E-state index contributed by atoms with van der Waals surface area (Å²) >= 11 is 11.9. The van der Waals surface area contributed by atoms with Gasteiger partial charge in [0.15, 0.2) is 0 Å². The minimum Gasteiger partial charge on any atom is -0.322 e. The molecular weight excluding hydrogens is 390 g/mol. The van der Waals surface area contributed by atoms with Crippen molar-refractivity contribution in [2.45, 2.75) is 0 Å². The summed E-state index contributed by atoms with van der Waals surface area (Å²) in [4.78, 5) is 24.6. The van der Waals surface area contributed by atoms with Gasteiger partial charge in [-0.1, -0.05) is 29.3 Å². The van der Waals surface area contributed by atoms with E-state index in [0.717, 1.165) is 0 Å². The number of carbonyl (C=O) groups is 2. The molecule has 3 aromatic rings. The first kappa shape index (κ1) is 18.9. The second kappa shape index (κ2) is 8.20. The third-order valence-corrected chi connectivity index (χ3v) is 4.21. The molecule has 0 aliphatic rings. The fraction of sp³-hybridized carbons (Fsp3) is 0. The summed E-state index contributed by atoms with van der Waals surface area (Å²) in [5.74, 6) is -1.21. The van der Waals surface area contributed by atoms with E-state index < -0.39 is 11.7 Å². The lowest BCUT2D eigenvalue weighted by Crippen LogP contribution is -2.14. The Labute approximate surface area is 164 Å². The Balaban J connectivity index is 1.72. The molecule has 136 valence electrons. The van der Waals surface area contributed by atoms with Crippen LogP contribution in [0, 0.1) is 5.82 Å². The lowest BCUT2D eigenvalue weighted by Gasteiger charge is -2.10. The normalized spacial score (nSPS) is 10.3. The molecule has 0 heterocycles. The highest BCUT2D eigenvalue weighted by atomic mass is 35.5. The molecule has 0 saturated heterocycles. The van der Waals surface area contributed by atoms with Crippen molar-refractivity contribution in [1.82, 2.24) is 0 Å². The van der Waals surface area contributed by atoms with Gasteiger partial charge in [0, 0.05) is 22.0 Å². The predicted molar refractivity (Wildman–Crippen MR) is 105 cm³/mol. The monoisotopic (exact) mass is 402 g/mol. The number of halogens is 3. The number of nitrogens with one attached hydrogen (secondary N) is 2. The summed E-state index contributed by atoms with van der Waals surface area (Å²) in [7, 11) is 0. The Kier molecular flexibility index (Phi) is 5.74. The van der Waals surface area contributed by atoms with E-state index in [2.05, 4.69) is 10.6 Å². The van der Waals surface area contributed by atoms with E-state index in [4.69, 9.17) is 23.2 Å². The maximum Gasteiger partial charge on any atom is 0.257 e. The second-order valence-electron chi connectivity index (χ2n) is 5.62. The molecule has 3 aromatic carbocycles. The maximum absolute atomic E-state index is 13.0. The topological polar surface area (TPSA) is 58.2 Å². The van der Waals surface area contributed by atoms with Crippen molar-refractivity contribution in [2.24, 2.45) is 0 Å². The molecule has 27 heavy (non-hydrogen) atoms. The van der Waals surface area contributed by atoms with Crippen LogP contribution in [0.25, 0.3) is 0 Å². The molecule has 0 aliphatic heterocycles. The van der Waals surface area contributed by atoms with Crippen molar-refractivity contribution in [3.63, 3.8) is 0 Å². The van der Waals surface area contributed by atoms with E-state index >= 15 is 0 Å². The lowest BCUT2D eigenvalue weighted by atomic mass is 10.2. The Hall–Kier alpha value is -2.89. The third-order valence-electron chi connectivity index (χ3n) is 3.66. The molecule has 0 spiro atoms. The molecule has 0 fully saturated rings. The lowest BCUT2D eigenvalue weighted by molar-refractivity contribution is 0.101. The molecule has 3 rings (SSSR count). The smallest absolute Gasteiger partial charge is 0.257 e. The van der Waals surface area contributed by atoms with E-state index in [1.54, 1.807) is 30.3 Å². The van der Waals surface area contributed by atoms with Crippen LogP contribution in [0.4, 0.5) is 15.8 Å². The number of benzene rings is 3. The van der Waals surface area contributed by atoms with Crippen LogP contribution < -0.4 is 10.6 Å². The van der Waals surface area contributed by atoms with Crippen molar-refractivity contribution < 1.29 is 14.0 Å². The van der Waals surface area contributed by atoms with Crippen molar-refractivity contribution >= 4 is 46.4 Å². The van der Waals surface area contributed by atoms with Gasteiger partial charge in [-0.3, -0.25) is 9.59 Å². The molecule has 0 bridgehead atoms. The van der Waals surface area contributed by atoms with Crippen LogP contribution in [0.1, 0.15) is 20.7 Å². The molecular formula is C20H13Cl2FN2O2. The molecule has 0 aromatic heterocycles. The highest BCUT2D eigenvalue weighted by molar-refractivity contribution is 6.37. The predicted octanol–water partition coefficient (Wildman–Crippen LogP) is 5.64. The molecule has 2 N–H and O–H groups in total. The van der Waals surface area contributed by atoms with Gasteiger partial charge in [-0.25, -0.2) is 4.39 Å². The van der Waals surface area contributed by atoms with Gasteiger partial charge >= 0.3 is 0 Å². The van der Waals surface area contributed by atoms with Crippen molar-refractivity contribution in [2.75, 3.05) is 10.6 Å². The fourth-order valence-electron chi connectivity index (χ4n) is 2.35. The van der Waals surface area contributed by atoms with Gasteiger partial charge < -0.3 is 10.6 Å². The number of amides is 2. The molecule has 0 aliphatic carbocycles. The molecule has 2 amide bonds. The van der Waals surface area contributed by atoms with E-state index in [1.165, 1.54) is 36.4 Å². The summed E-state index contributed by atoms with van der Waals surface area (Å²) in [6.07, 6.45) is 0. The van der Waals surface area contributed by atoms with Gasteiger partial charge in [-0.15, -0.1) is 0 Å². The maximum atomic E-state index is 13.0. The minimum absolute atomic E-state index is 0.237. The van der Waals surface area contributed by atoms with Crippen LogP contribution in [0.2, 0.25) is 10.0 Å². The summed E-state index contributed by atoms with van der Waals surface area (Å²) < 4.78 is 13.0. The van der Waals surface area contributed by atoms with E-state index in [0.29, 0.717) is 22.0 Å². The zero-order valence-electron chi connectivity index (χ0n) is 13.8. The molecule has 4 nitrogen and oxygen atoms in total. The summed E-state index contributed by atoms with van der Waals surface area (Å²) in [6.45, 7) is 0. The van der Waals surface area contributed by atoms with Gasteiger partial charge in [0.1, 0.15) is 5.82 Å². The van der Waals surface area contributed by atoms with Gasteiger partial charge in [0.05, 0.1) is 10.6 Å². The highest BCUT2D eigenvalue weighted by Gasteiger charge is 2.12. The Morgan fingerprint density at radius 1 is 0.778 bits per heavy atom. The van der Waals surface area contributed by atoms with Crippen LogP contribution >= 0.6 is 23.2 Å². The number of anilines is 2. The van der Waals surface area contributed by atoms with Gasteiger partial charge in [-0.2, -0.15) is 0 Å². The van der Waals surface area contributed by atoms with Crippen molar-refractivity contribution in [3.05, 3.63) is 93.7 Å². The number of hydrogen-bond acceptors (Lipinski definition) is 2. The zero-order valence-corrected chi connectivity index (χ0v) is 15.3. The average Bonchev–Trinajstić information content (AvgIpc) is 2.62. The van der Waals surface area contributed by atoms with Crippen molar-refractivity contribution in [1.29, 1.82) is 0 Å². The first-order valence-electron chi connectivity index (χ1n) is 7.86. The van der Waals surface area contributed by atoms with Gasteiger partial charge in [-0.05, 0) is 60.7 Å². The van der Waals surface area contributed by atoms with Gasteiger partial charge in [0.25, 0.3) is 11.8 Å². The van der Waals surface area contributed by atoms with Crippen LogP contribution in [0.5, 0.6) is 0 Å². The zero-order chi connectivity index (χ0) is 19.4. The minimum atomic E-state index is -0.419. The van der Waals surface area contributed by atoms with E-state index in [-0.39, 0.29) is 16.5 Å². The highest BCUT2D eigenvalue weighted by Crippen LogP contribution is 2.23. The van der Waals surface area contributed by atoms with Crippen LogP contribution in [0.15, 0.2) is 66.7 Å². The first-order valence-corrected chi connectivity index (χ1v) is 8.61. The number of rotatable bonds is 4. The summed E-state index contributed by atoms with van der Waals surface area (Å²) in [5.41, 5.74) is 1.55. The quantitative estimate of drug-likeness (QED) is 0.593. The molecule has 0 radical (unpaired) electrons. The number of carbonyl (C=O) groups excluding carboxylic acids is 2.